The number of nitrogen functional groups attached to an aromatic ring is 1. The number of sulfone groups is 1. The number of methoxy groups -OCH3 is 1. The molecule has 5 N–H and O–H groups in total. The molecule has 1 atom stereocenters. The number of nitrogens with zero attached hydrogens (tertiary/aromatic N) is 1. The van der Waals surface area contributed by atoms with Crippen LogP contribution in [-0.2, 0) is 41.2 Å². The maximum Gasteiger partial charge on any atom is 0.491 e. The predicted molar refractivity (Wildman–Crippen MR) is 167 cm³/mol. The van der Waals surface area contributed by atoms with Crippen LogP contribution < -0.4 is 26.4 Å². The Morgan fingerprint density at radius 3 is 2.33 bits per heavy atom. The van der Waals surface area contributed by atoms with Gasteiger partial charge in [0.1, 0.15) is 17.4 Å². The van der Waals surface area contributed by atoms with Gasteiger partial charge in [-0.05, 0) is 71.6 Å². The lowest BCUT2D eigenvalue weighted by atomic mass is 9.98. The first-order valence-electron chi connectivity index (χ1n) is 14.0. The largest absolute Gasteiger partial charge is 0.497 e. The van der Waals surface area contributed by atoms with E-state index in [9.17, 15) is 36.0 Å². The van der Waals surface area contributed by atoms with Crippen LogP contribution in [-0.4, -0.2) is 50.2 Å². The van der Waals surface area contributed by atoms with Crippen LogP contribution in [0.4, 0.5) is 34.8 Å². The summed E-state index contributed by atoms with van der Waals surface area (Å²) in [7, 11) is -2.77. The third kappa shape index (κ3) is 7.57. The van der Waals surface area contributed by atoms with Gasteiger partial charge in [-0.25, -0.2) is 22.6 Å². The van der Waals surface area contributed by atoms with Crippen LogP contribution in [0, 0.1) is 5.82 Å². The molecule has 0 bridgehead atoms. The van der Waals surface area contributed by atoms with Crippen LogP contribution >= 0.6 is 0 Å². The molecule has 17 heteroatoms. The van der Waals surface area contributed by atoms with Crippen molar-refractivity contribution in [2.45, 2.75) is 37.2 Å². The summed E-state index contributed by atoms with van der Waals surface area (Å²) in [4.78, 5) is 42.0. The third-order valence-electron chi connectivity index (χ3n) is 7.00. The van der Waals surface area contributed by atoms with Crippen LogP contribution in [0.3, 0.4) is 0 Å². The smallest absolute Gasteiger partial charge is 0.491 e. The molecule has 254 valence electrons. The number of carbonyl (C=O) groups excluding carboxylic acids is 3. The number of aromatic nitrogens is 1. The van der Waals surface area contributed by atoms with Crippen LogP contribution in [0.1, 0.15) is 25.0 Å². The molecule has 3 aromatic carbocycles. The Morgan fingerprint density at radius 1 is 0.979 bits per heavy atom. The van der Waals surface area contributed by atoms with E-state index in [4.69, 9.17) is 15.2 Å². The topological polar surface area (TPSA) is 179 Å². The number of benzene rings is 3. The van der Waals surface area contributed by atoms with Crippen molar-refractivity contribution in [2.24, 2.45) is 0 Å². The molecule has 0 fully saturated rings. The first-order chi connectivity index (χ1) is 22.5. The lowest BCUT2D eigenvalue weighted by molar-refractivity contribution is -0.213. The molecule has 4 rings (SSSR count). The zero-order chi connectivity index (χ0) is 35.4. The van der Waals surface area contributed by atoms with E-state index in [0.29, 0.717) is 10.8 Å². The monoisotopic (exact) mass is 691 g/mol. The normalized spacial score (nSPS) is 12.9. The molecule has 0 aliphatic rings. The van der Waals surface area contributed by atoms with Gasteiger partial charge in [-0.15, -0.1) is 0 Å². The van der Waals surface area contributed by atoms with Crippen LogP contribution in [0.25, 0.3) is 10.8 Å². The van der Waals surface area contributed by atoms with Crippen molar-refractivity contribution in [3.8, 4) is 5.75 Å². The second kappa shape index (κ2) is 13.7. The van der Waals surface area contributed by atoms with Gasteiger partial charge < -0.3 is 31.2 Å². The lowest BCUT2D eigenvalue weighted by Gasteiger charge is -2.34. The molecular formula is C31H29F4N5O7S. The highest BCUT2D eigenvalue weighted by Crippen LogP contribution is 2.36. The van der Waals surface area contributed by atoms with Crippen molar-refractivity contribution < 1.29 is 49.8 Å². The zero-order valence-corrected chi connectivity index (χ0v) is 26.4. The number of nitrogens with one attached hydrogen (secondary N) is 3. The molecule has 1 aromatic heterocycles. The molecule has 48 heavy (non-hydrogen) atoms. The summed E-state index contributed by atoms with van der Waals surface area (Å²) in [6.07, 6.45) is -4.30. The number of halogens is 4. The zero-order valence-electron chi connectivity index (χ0n) is 25.6. The highest BCUT2D eigenvalue weighted by Gasteiger charge is 2.53. The summed E-state index contributed by atoms with van der Waals surface area (Å²) < 4.78 is 92.6. The fourth-order valence-corrected chi connectivity index (χ4v) is 5.83. The molecule has 0 spiro atoms. The number of rotatable bonds is 11. The minimum absolute atomic E-state index is 0.0905. The number of ether oxygens (including phenoxy) is 2. The first kappa shape index (κ1) is 35.4. The number of esters is 1. The van der Waals surface area contributed by atoms with Crippen LogP contribution in [0.5, 0.6) is 5.75 Å². The lowest BCUT2D eigenvalue weighted by Crippen LogP contribution is -2.55. The number of carbonyl (C=O) groups is 3. The molecular weight excluding hydrogens is 662 g/mol. The van der Waals surface area contributed by atoms with Crippen LogP contribution in [0.2, 0.25) is 0 Å². The average molecular weight is 692 g/mol. The molecule has 0 saturated carbocycles. The van der Waals surface area contributed by atoms with Gasteiger partial charge in [-0.3, -0.25) is 9.59 Å². The first-order valence-corrected chi connectivity index (χ1v) is 15.6. The summed E-state index contributed by atoms with van der Waals surface area (Å²) in [5, 5.41) is 8.04. The highest BCUT2D eigenvalue weighted by molar-refractivity contribution is 7.91. The number of anilines is 3. The summed E-state index contributed by atoms with van der Waals surface area (Å²) in [5.74, 6) is -6.53. The summed E-state index contributed by atoms with van der Waals surface area (Å²) in [5.41, 5.74) is 1.66. The Hall–Kier alpha value is -5.45. The van der Waals surface area contributed by atoms with Crippen molar-refractivity contribution >= 4 is 55.6 Å². The number of alkyl halides is 3. The average Bonchev–Trinajstić information content (AvgIpc) is 3.02. The van der Waals surface area contributed by atoms with E-state index in [-0.39, 0.29) is 39.2 Å². The van der Waals surface area contributed by atoms with Gasteiger partial charge in [-0.1, -0.05) is 6.92 Å². The van der Waals surface area contributed by atoms with E-state index >= 15 is 4.39 Å². The van der Waals surface area contributed by atoms with Gasteiger partial charge in [0.25, 0.3) is 11.6 Å². The minimum atomic E-state index is -5.65. The summed E-state index contributed by atoms with van der Waals surface area (Å²) >= 11 is 0. The Labute approximate surface area is 271 Å². The Kier molecular flexibility index (Phi) is 10.1. The molecule has 0 radical (unpaired) electrons. The Morgan fingerprint density at radius 2 is 1.69 bits per heavy atom. The Bertz CT molecular complexity index is 2010. The predicted octanol–water partition coefficient (Wildman–Crippen LogP) is 4.40. The molecule has 1 heterocycles. The van der Waals surface area contributed by atoms with Gasteiger partial charge in [0, 0.05) is 36.4 Å². The Balaban J connectivity index is 1.92. The van der Waals surface area contributed by atoms with E-state index < -0.39 is 57.4 Å². The fraction of sp³-hybridized carbons (Fsp3) is 0.226. The molecule has 1 unspecified atom stereocenters. The van der Waals surface area contributed by atoms with Gasteiger partial charge in [0.05, 0.1) is 23.3 Å². The SMILES string of the molecule is CCS(=O)(=O)c1ccc(NC(C)=O)cc1CNC(=O)C(Nc1ccc2c(N)nccc2c1)(OC(=O)C(F)(F)F)c1cc(OC)ccc1F. The van der Waals surface area contributed by atoms with Crippen molar-refractivity contribution in [2.75, 3.05) is 29.2 Å². The van der Waals surface area contributed by atoms with Crippen molar-refractivity contribution in [3.63, 3.8) is 0 Å². The number of fused-ring (bicyclic) bond motifs is 1. The van der Waals surface area contributed by atoms with Crippen molar-refractivity contribution in [3.05, 3.63) is 83.8 Å². The van der Waals surface area contributed by atoms with Gasteiger partial charge in [0.2, 0.25) is 5.91 Å². The molecule has 0 aliphatic heterocycles. The van der Waals surface area contributed by atoms with E-state index in [1.165, 1.54) is 69.6 Å². The van der Waals surface area contributed by atoms with Gasteiger partial charge >= 0.3 is 12.1 Å². The van der Waals surface area contributed by atoms with E-state index in [1.54, 1.807) is 0 Å². The molecule has 12 nitrogen and oxygen atoms in total. The summed E-state index contributed by atoms with van der Waals surface area (Å²) in [6, 6.07) is 12.0. The maximum atomic E-state index is 15.6. The third-order valence-corrected chi connectivity index (χ3v) is 8.83. The van der Waals surface area contributed by atoms with E-state index in [1.807, 2.05) is 0 Å². The minimum Gasteiger partial charge on any atom is -0.497 e. The number of pyridine rings is 1. The van der Waals surface area contributed by atoms with E-state index in [2.05, 4.69) is 20.9 Å². The van der Waals surface area contributed by atoms with E-state index in [0.717, 1.165) is 18.2 Å². The molecule has 0 aliphatic carbocycles. The van der Waals surface area contributed by atoms with Gasteiger partial charge in [0.15, 0.2) is 9.84 Å². The quantitative estimate of drug-likeness (QED) is 0.100. The number of nitrogens with two attached hydrogens (primary N) is 1. The van der Waals surface area contributed by atoms with Gasteiger partial charge in [-0.2, -0.15) is 13.2 Å². The second-order valence-electron chi connectivity index (χ2n) is 10.3. The number of hydrogen-bond acceptors (Lipinski definition) is 10. The van der Waals surface area contributed by atoms with Crippen molar-refractivity contribution in [1.82, 2.24) is 10.3 Å². The molecule has 0 saturated heterocycles. The van der Waals surface area contributed by atoms with Crippen molar-refractivity contribution in [1.29, 1.82) is 0 Å². The molecule has 2 amide bonds. The highest BCUT2D eigenvalue weighted by atomic mass is 32.2. The molecule has 4 aromatic rings. The maximum absolute atomic E-state index is 15.6. The fourth-order valence-electron chi connectivity index (χ4n) is 4.71. The summed E-state index contributed by atoms with van der Waals surface area (Å²) in [6.45, 7) is 1.87. The number of hydrogen-bond donors (Lipinski definition) is 4. The van der Waals surface area contributed by atoms with Crippen LogP contribution in [0.15, 0.2) is 71.8 Å². The number of amides is 2. The second-order valence-corrected chi connectivity index (χ2v) is 12.5. The standard InChI is InChI=1S/C31H29F4N5O7S/c1-4-48(44,45)26-10-6-20(39-17(2)41)14-19(26)16-38-28(42)30(47-29(43)31(33,34)35,24-15-22(46-3)7-9-25(24)32)40-21-5-8-23-18(13-21)11-12-37-27(23)36/h5-15,40H,4,16H2,1-3H3,(H2,36,37)(H,38,42)(H,39,41).